The Hall–Kier alpha value is -4.11. The summed E-state index contributed by atoms with van der Waals surface area (Å²) >= 11 is 1.82. The van der Waals surface area contributed by atoms with Crippen molar-refractivity contribution < 1.29 is 42.2 Å². The van der Waals surface area contributed by atoms with Crippen LogP contribution >= 0.6 is 23.1 Å². The van der Waals surface area contributed by atoms with Crippen molar-refractivity contribution >= 4 is 52.5 Å². The molecule has 15 heteroatoms. The van der Waals surface area contributed by atoms with E-state index in [0.29, 0.717) is 20.4 Å². The van der Waals surface area contributed by atoms with E-state index in [0.717, 1.165) is 41.3 Å². The number of aromatic amines is 1. The van der Waals surface area contributed by atoms with Crippen molar-refractivity contribution in [2.75, 3.05) is 18.5 Å². The van der Waals surface area contributed by atoms with Crippen LogP contribution in [0.25, 0.3) is 0 Å². The number of fused-ring (bicyclic) bond motifs is 2. The molecule has 0 saturated carbocycles. The van der Waals surface area contributed by atoms with Gasteiger partial charge in [-0.2, -0.15) is 13.2 Å². The van der Waals surface area contributed by atoms with Crippen LogP contribution in [0.15, 0.2) is 58.4 Å². The molecule has 208 valence electrons. The number of carboxylic acid groups (broad SMARTS) is 1. The highest BCUT2D eigenvalue weighted by Gasteiger charge is 2.56. The number of amides is 3. The molecule has 3 amide bonds. The number of likely N-dealkylation sites (tertiary alicyclic amines) is 1. The van der Waals surface area contributed by atoms with Crippen molar-refractivity contribution in [1.29, 1.82) is 0 Å². The maximum atomic E-state index is 13.3. The van der Waals surface area contributed by atoms with E-state index in [4.69, 9.17) is 4.74 Å². The molecule has 0 aliphatic carbocycles. The number of benzene rings is 2. The number of rotatable bonds is 7. The summed E-state index contributed by atoms with van der Waals surface area (Å²) in [5.74, 6) is -5.29. The van der Waals surface area contributed by atoms with Crippen LogP contribution in [-0.2, 0) is 25.4 Å². The SMILES string of the molecule is O=C(O)CN1C(=O)C2Sc3[nH]c(=O)sc3[C@H](c3ccccc3OCC(=O)Nc3cccc(C(F)(F)F)c3)C2C1=O. The minimum Gasteiger partial charge on any atom is -0.483 e. The van der Waals surface area contributed by atoms with Gasteiger partial charge in [0, 0.05) is 22.0 Å². The predicted molar refractivity (Wildman–Crippen MR) is 136 cm³/mol. The Morgan fingerprint density at radius 3 is 2.55 bits per heavy atom. The first kappa shape index (κ1) is 27.5. The normalized spacial score (nSPS) is 20.2. The molecule has 2 aliphatic rings. The molecule has 3 heterocycles. The van der Waals surface area contributed by atoms with Gasteiger partial charge in [0.05, 0.1) is 16.5 Å². The molecule has 1 aromatic heterocycles. The van der Waals surface area contributed by atoms with Gasteiger partial charge in [-0.25, -0.2) is 0 Å². The second kappa shape index (κ2) is 10.5. The van der Waals surface area contributed by atoms with Gasteiger partial charge >= 0.3 is 17.0 Å². The Morgan fingerprint density at radius 1 is 1.07 bits per heavy atom. The molecule has 2 aromatic carbocycles. The van der Waals surface area contributed by atoms with Gasteiger partial charge in [-0.3, -0.25) is 28.9 Å². The van der Waals surface area contributed by atoms with Gasteiger partial charge in [-0.05, 0) is 24.3 Å². The molecule has 0 radical (unpaired) electrons. The largest absolute Gasteiger partial charge is 0.483 e. The average molecular weight is 594 g/mol. The lowest BCUT2D eigenvalue weighted by Gasteiger charge is -2.30. The number of nitrogens with one attached hydrogen (secondary N) is 2. The highest BCUT2D eigenvalue weighted by atomic mass is 32.2. The number of aromatic nitrogens is 1. The smallest absolute Gasteiger partial charge is 0.416 e. The Labute approximate surface area is 231 Å². The van der Waals surface area contributed by atoms with Crippen LogP contribution in [-0.4, -0.2) is 57.1 Å². The lowest BCUT2D eigenvalue weighted by molar-refractivity contribution is -0.149. The summed E-state index contributed by atoms with van der Waals surface area (Å²) in [6.07, 6.45) is -4.59. The Morgan fingerprint density at radius 2 is 1.82 bits per heavy atom. The summed E-state index contributed by atoms with van der Waals surface area (Å²) in [6, 6.07) is 10.4. The van der Waals surface area contributed by atoms with E-state index in [-0.39, 0.29) is 11.4 Å². The van der Waals surface area contributed by atoms with Crippen LogP contribution in [0.3, 0.4) is 0 Å². The number of H-pyrrole nitrogens is 1. The molecule has 5 rings (SSSR count). The molecular formula is C25H18F3N3O7S2. The van der Waals surface area contributed by atoms with E-state index in [1.807, 2.05) is 0 Å². The number of aliphatic carboxylic acids is 1. The third-order valence-electron chi connectivity index (χ3n) is 6.30. The van der Waals surface area contributed by atoms with Gasteiger partial charge in [0.15, 0.2) is 6.61 Å². The number of hydrogen-bond acceptors (Lipinski definition) is 8. The second-order valence-corrected chi connectivity index (χ2v) is 11.0. The summed E-state index contributed by atoms with van der Waals surface area (Å²) in [7, 11) is 0. The predicted octanol–water partition coefficient (Wildman–Crippen LogP) is 3.15. The van der Waals surface area contributed by atoms with Crippen LogP contribution in [0.2, 0.25) is 0 Å². The van der Waals surface area contributed by atoms with Crippen molar-refractivity contribution in [2.45, 2.75) is 22.4 Å². The Kier molecular flexibility index (Phi) is 7.18. The number of halogens is 3. The minimum absolute atomic E-state index is 0.0841. The van der Waals surface area contributed by atoms with Gasteiger partial charge in [0.25, 0.3) is 5.91 Å². The zero-order valence-corrected chi connectivity index (χ0v) is 21.7. The molecule has 2 aliphatic heterocycles. The van der Waals surface area contributed by atoms with Crippen molar-refractivity contribution in [1.82, 2.24) is 9.88 Å². The van der Waals surface area contributed by atoms with Gasteiger partial charge in [0.2, 0.25) is 11.8 Å². The number of anilines is 1. The fourth-order valence-electron chi connectivity index (χ4n) is 4.68. The number of imide groups is 1. The number of thioether (sulfide) groups is 1. The highest BCUT2D eigenvalue weighted by molar-refractivity contribution is 8.00. The monoisotopic (exact) mass is 593 g/mol. The number of hydrogen-bond donors (Lipinski definition) is 3. The van der Waals surface area contributed by atoms with Crippen molar-refractivity contribution in [3.05, 3.63) is 74.2 Å². The Balaban J connectivity index is 1.43. The molecule has 0 spiro atoms. The first-order chi connectivity index (χ1) is 18.9. The number of alkyl halides is 3. The zero-order valence-electron chi connectivity index (χ0n) is 20.1. The van der Waals surface area contributed by atoms with E-state index in [9.17, 15) is 42.3 Å². The highest BCUT2D eigenvalue weighted by Crippen LogP contribution is 2.53. The standard InChI is InChI=1S/C25H18F3N3O7S2/c26-25(27,28)11-4-3-5-12(8-11)29-15(32)10-38-14-7-2-1-6-13(14)17-18-20(39-21-19(17)40-24(37)30-21)23(36)31(22(18)35)9-16(33)34/h1-8,17-18,20H,9-10H2,(H,29,32)(H,30,37)(H,33,34)/t17-,18?,20?/m1/s1. The van der Waals surface area contributed by atoms with E-state index in [2.05, 4.69) is 10.3 Å². The van der Waals surface area contributed by atoms with Crippen LogP contribution in [0.1, 0.15) is 21.9 Å². The topological polar surface area (TPSA) is 146 Å². The minimum atomic E-state index is -4.59. The molecule has 1 fully saturated rings. The van der Waals surface area contributed by atoms with Crippen LogP contribution in [0.5, 0.6) is 5.75 Å². The number of thiazole rings is 1. The molecule has 40 heavy (non-hydrogen) atoms. The van der Waals surface area contributed by atoms with Crippen molar-refractivity contribution in [3.63, 3.8) is 0 Å². The Bertz CT molecular complexity index is 1590. The van der Waals surface area contributed by atoms with E-state index in [1.54, 1.807) is 18.2 Å². The maximum Gasteiger partial charge on any atom is 0.416 e. The molecule has 10 nitrogen and oxygen atoms in total. The fourth-order valence-corrected chi connectivity index (χ4v) is 7.21. The fraction of sp³-hybridized carbons (Fsp3) is 0.240. The van der Waals surface area contributed by atoms with Gasteiger partial charge in [-0.1, -0.05) is 47.4 Å². The number of carboxylic acids is 1. The van der Waals surface area contributed by atoms with Gasteiger partial charge in [0.1, 0.15) is 17.5 Å². The molecule has 3 aromatic rings. The summed E-state index contributed by atoms with van der Waals surface area (Å²) in [5, 5.41) is 10.9. The molecule has 0 bridgehead atoms. The number of para-hydroxylation sites is 1. The first-order valence-corrected chi connectivity index (χ1v) is 13.3. The summed E-state index contributed by atoms with van der Waals surface area (Å²) in [6.45, 7) is -1.41. The number of carbonyl (C=O) groups excluding carboxylic acids is 3. The number of carbonyl (C=O) groups is 4. The van der Waals surface area contributed by atoms with Crippen molar-refractivity contribution in [3.8, 4) is 5.75 Å². The van der Waals surface area contributed by atoms with Crippen LogP contribution in [0.4, 0.5) is 18.9 Å². The lowest BCUT2D eigenvalue weighted by Crippen LogP contribution is -2.36. The molecule has 3 N–H and O–H groups in total. The third kappa shape index (κ3) is 5.21. The number of ether oxygens (including phenoxy) is 1. The molecule has 3 atom stereocenters. The van der Waals surface area contributed by atoms with E-state index in [1.165, 1.54) is 12.1 Å². The van der Waals surface area contributed by atoms with Gasteiger partial charge in [-0.15, -0.1) is 0 Å². The summed E-state index contributed by atoms with van der Waals surface area (Å²) < 4.78 is 44.7. The third-order valence-corrected chi connectivity index (χ3v) is 8.70. The van der Waals surface area contributed by atoms with E-state index >= 15 is 0 Å². The van der Waals surface area contributed by atoms with Gasteiger partial charge < -0.3 is 20.1 Å². The quantitative estimate of drug-likeness (QED) is 0.354. The number of nitrogens with zero attached hydrogens (tertiary/aromatic N) is 1. The second-order valence-electron chi connectivity index (χ2n) is 8.86. The average Bonchev–Trinajstić information content (AvgIpc) is 3.37. The molecule has 1 saturated heterocycles. The summed E-state index contributed by atoms with van der Waals surface area (Å²) in [4.78, 5) is 65.8. The zero-order chi connectivity index (χ0) is 28.8. The molecule has 2 unspecified atom stereocenters. The van der Waals surface area contributed by atoms with E-state index < -0.39 is 70.5 Å². The maximum absolute atomic E-state index is 13.3. The van der Waals surface area contributed by atoms with Crippen molar-refractivity contribution in [2.24, 2.45) is 5.92 Å². The summed E-state index contributed by atoms with van der Waals surface area (Å²) in [5.41, 5.74) is -0.644. The lowest BCUT2D eigenvalue weighted by atomic mass is 9.82. The molecular weight excluding hydrogens is 575 g/mol. The first-order valence-electron chi connectivity index (χ1n) is 11.6. The van der Waals surface area contributed by atoms with Crippen LogP contribution in [0, 0.1) is 5.92 Å². The van der Waals surface area contributed by atoms with Crippen LogP contribution < -0.4 is 14.9 Å².